The Labute approximate surface area is 160 Å². The van der Waals surface area contributed by atoms with E-state index in [1.165, 1.54) is 22.3 Å². The number of ether oxygens (including phenoxy) is 1. The van der Waals surface area contributed by atoms with Crippen molar-refractivity contribution in [3.05, 3.63) is 64.7 Å². The van der Waals surface area contributed by atoms with Gasteiger partial charge < -0.3 is 4.74 Å². The number of carbonyl (C=O) groups excluding carboxylic acids is 1. The van der Waals surface area contributed by atoms with Gasteiger partial charge in [0, 0.05) is 26.1 Å². The predicted octanol–water partition coefficient (Wildman–Crippen LogP) is 3.09. The number of hydrogen-bond donors (Lipinski definition) is 1. The molecule has 0 saturated heterocycles. The highest BCUT2D eigenvalue weighted by Gasteiger charge is 2.26. The van der Waals surface area contributed by atoms with Gasteiger partial charge in [0.2, 0.25) is 0 Å². The predicted molar refractivity (Wildman–Crippen MR) is 107 cm³/mol. The Kier molecular flexibility index (Phi) is 5.41. The summed E-state index contributed by atoms with van der Waals surface area (Å²) in [6.45, 7) is 2.87. The quantitative estimate of drug-likeness (QED) is 0.849. The molecule has 2 aliphatic heterocycles. The summed E-state index contributed by atoms with van der Waals surface area (Å²) >= 11 is 0. The first kappa shape index (κ1) is 18.0. The number of amides is 1. The Bertz CT molecular complexity index is 807. The SMILES string of the molecule is NN1CCc2cc3c(cc2CC1)N(C(=O)OCCc1ccccc1)CCC3. The summed E-state index contributed by atoms with van der Waals surface area (Å²) in [5.74, 6) is 5.99. The van der Waals surface area contributed by atoms with Crippen LogP contribution in [0.3, 0.4) is 0 Å². The normalized spacial score (nSPS) is 17.0. The highest BCUT2D eigenvalue weighted by Crippen LogP contribution is 2.32. The molecule has 0 saturated carbocycles. The summed E-state index contributed by atoms with van der Waals surface area (Å²) in [4.78, 5) is 14.5. The van der Waals surface area contributed by atoms with Crippen LogP contribution in [0.25, 0.3) is 0 Å². The number of rotatable bonds is 3. The molecule has 4 rings (SSSR count). The third-order valence-electron chi connectivity index (χ3n) is 5.54. The second kappa shape index (κ2) is 8.11. The first-order valence-electron chi connectivity index (χ1n) is 9.83. The van der Waals surface area contributed by atoms with Gasteiger partial charge in [0.25, 0.3) is 0 Å². The number of benzene rings is 2. The van der Waals surface area contributed by atoms with Gasteiger partial charge in [-0.3, -0.25) is 10.7 Å². The maximum absolute atomic E-state index is 12.7. The molecule has 0 radical (unpaired) electrons. The molecule has 0 fully saturated rings. The molecule has 2 aromatic carbocycles. The summed E-state index contributed by atoms with van der Waals surface area (Å²) in [5.41, 5.74) is 6.15. The minimum atomic E-state index is -0.235. The average Bonchev–Trinajstić information content (AvgIpc) is 2.88. The molecule has 142 valence electrons. The minimum Gasteiger partial charge on any atom is -0.449 e. The number of nitrogens with two attached hydrogens (primary N) is 1. The van der Waals surface area contributed by atoms with Crippen LogP contribution in [-0.2, 0) is 30.4 Å². The largest absolute Gasteiger partial charge is 0.449 e. The lowest BCUT2D eigenvalue weighted by Crippen LogP contribution is -2.36. The van der Waals surface area contributed by atoms with Gasteiger partial charge in [-0.25, -0.2) is 9.80 Å². The van der Waals surface area contributed by atoms with E-state index in [2.05, 4.69) is 24.3 Å². The fourth-order valence-electron chi connectivity index (χ4n) is 4.00. The van der Waals surface area contributed by atoms with Gasteiger partial charge in [-0.05, 0) is 54.0 Å². The molecule has 0 aliphatic carbocycles. The monoisotopic (exact) mass is 365 g/mol. The number of anilines is 1. The average molecular weight is 365 g/mol. The molecule has 0 spiro atoms. The van der Waals surface area contributed by atoms with Crippen LogP contribution in [0.1, 0.15) is 28.7 Å². The number of carbonyl (C=O) groups is 1. The molecule has 2 heterocycles. The van der Waals surface area contributed by atoms with Crippen LogP contribution in [0.15, 0.2) is 42.5 Å². The molecule has 0 unspecified atom stereocenters. The number of aryl methyl sites for hydroxylation is 1. The van der Waals surface area contributed by atoms with E-state index in [0.717, 1.165) is 57.4 Å². The Hall–Kier alpha value is -2.37. The van der Waals surface area contributed by atoms with E-state index >= 15 is 0 Å². The molecule has 2 aliphatic rings. The molecule has 5 nitrogen and oxygen atoms in total. The van der Waals surface area contributed by atoms with Gasteiger partial charge in [0.15, 0.2) is 0 Å². The highest BCUT2D eigenvalue weighted by atomic mass is 16.6. The highest BCUT2D eigenvalue weighted by molar-refractivity contribution is 5.89. The lowest BCUT2D eigenvalue weighted by atomic mass is 9.93. The number of fused-ring (bicyclic) bond motifs is 2. The zero-order chi connectivity index (χ0) is 18.6. The van der Waals surface area contributed by atoms with Gasteiger partial charge in [-0.15, -0.1) is 0 Å². The molecule has 27 heavy (non-hydrogen) atoms. The van der Waals surface area contributed by atoms with E-state index in [4.69, 9.17) is 10.6 Å². The number of hydrogen-bond acceptors (Lipinski definition) is 4. The Balaban J connectivity index is 1.46. The molecule has 0 bridgehead atoms. The van der Waals surface area contributed by atoms with Crippen LogP contribution in [0.5, 0.6) is 0 Å². The maximum Gasteiger partial charge on any atom is 0.414 e. The maximum atomic E-state index is 12.7. The van der Waals surface area contributed by atoms with Gasteiger partial charge in [-0.2, -0.15) is 0 Å². The molecular formula is C22H27N3O2. The second-order valence-electron chi connectivity index (χ2n) is 7.39. The fraction of sp³-hybridized carbons (Fsp3) is 0.409. The third kappa shape index (κ3) is 4.15. The van der Waals surface area contributed by atoms with Crippen molar-refractivity contribution in [2.24, 2.45) is 5.84 Å². The lowest BCUT2D eigenvalue weighted by molar-refractivity contribution is 0.154. The summed E-state index contributed by atoms with van der Waals surface area (Å²) in [7, 11) is 0. The first-order chi connectivity index (χ1) is 13.2. The van der Waals surface area contributed by atoms with Crippen LogP contribution < -0.4 is 10.7 Å². The minimum absolute atomic E-state index is 0.235. The van der Waals surface area contributed by atoms with Gasteiger partial charge >= 0.3 is 6.09 Å². The van der Waals surface area contributed by atoms with E-state index in [9.17, 15) is 4.79 Å². The molecule has 0 atom stereocenters. The summed E-state index contributed by atoms with van der Waals surface area (Å²) in [5, 5.41) is 1.88. The topological polar surface area (TPSA) is 58.8 Å². The molecule has 2 aromatic rings. The van der Waals surface area contributed by atoms with Crippen molar-refractivity contribution < 1.29 is 9.53 Å². The van der Waals surface area contributed by atoms with E-state index in [1.807, 2.05) is 28.1 Å². The van der Waals surface area contributed by atoms with Crippen molar-refractivity contribution in [2.75, 3.05) is 31.1 Å². The lowest BCUT2D eigenvalue weighted by Gasteiger charge is -2.30. The van der Waals surface area contributed by atoms with Crippen molar-refractivity contribution in [1.29, 1.82) is 0 Å². The van der Waals surface area contributed by atoms with Crippen molar-refractivity contribution in [1.82, 2.24) is 5.01 Å². The molecule has 1 amide bonds. The summed E-state index contributed by atoms with van der Waals surface area (Å²) in [6, 6.07) is 14.6. The Morgan fingerprint density at radius 2 is 1.70 bits per heavy atom. The van der Waals surface area contributed by atoms with E-state index in [1.54, 1.807) is 0 Å². The van der Waals surface area contributed by atoms with E-state index < -0.39 is 0 Å². The van der Waals surface area contributed by atoms with Crippen molar-refractivity contribution >= 4 is 11.8 Å². The van der Waals surface area contributed by atoms with Gasteiger partial charge in [0.1, 0.15) is 0 Å². The van der Waals surface area contributed by atoms with Crippen molar-refractivity contribution in [3.8, 4) is 0 Å². The van der Waals surface area contributed by atoms with Crippen LogP contribution in [0.4, 0.5) is 10.5 Å². The zero-order valence-electron chi connectivity index (χ0n) is 15.7. The zero-order valence-corrected chi connectivity index (χ0v) is 15.7. The summed E-state index contributed by atoms with van der Waals surface area (Å²) in [6.07, 6.45) is 4.40. The van der Waals surface area contributed by atoms with E-state index in [0.29, 0.717) is 6.61 Å². The van der Waals surface area contributed by atoms with Gasteiger partial charge in [0.05, 0.1) is 12.3 Å². The molecule has 0 aromatic heterocycles. The van der Waals surface area contributed by atoms with Gasteiger partial charge in [-0.1, -0.05) is 36.4 Å². The second-order valence-corrected chi connectivity index (χ2v) is 7.39. The first-order valence-corrected chi connectivity index (χ1v) is 9.83. The Morgan fingerprint density at radius 1 is 0.963 bits per heavy atom. The number of nitrogens with zero attached hydrogens (tertiary/aromatic N) is 2. The smallest absolute Gasteiger partial charge is 0.414 e. The van der Waals surface area contributed by atoms with Crippen LogP contribution in [0, 0.1) is 0 Å². The standard InChI is InChI=1S/C22H27N3O2/c23-24-12-8-18-15-20-7-4-11-25(21(20)16-19(18)9-13-24)22(26)27-14-10-17-5-2-1-3-6-17/h1-3,5-6,15-16H,4,7-14,23H2. The Morgan fingerprint density at radius 3 is 2.48 bits per heavy atom. The third-order valence-corrected chi connectivity index (χ3v) is 5.54. The molecule has 2 N–H and O–H groups in total. The van der Waals surface area contributed by atoms with Crippen molar-refractivity contribution in [2.45, 2.75) is 32.1 Å². The van der Waals surface area contributed by atoms with Crippen LogP contribution >= 0.6 is 0 Å². The number of hydrazine groups is 1. The summed E-state index contributed by atoms with van der Waals surface area (Å²) < 4.78 is 5.59. The van der Waals surface area contributed by atoms with Crippen molar-refractivity contribution in [3.63, 3.8) is 0 Å². The van der Waals surface area contributed by atoms with Crippen LogP contribution in [-0.4, -0.2) is 37.3 Å². The molecular weight excluding hydrogens is 338 g/mol. The fourth-order valence-corrected chi connectivity index (χ4v) is 4.00. The van der Waals surface area contributed by atoms with Crippen LogP contribution in [0.2, 0.25) is 0 Å². The molecule has 5 heteroatoms. The van der Waals surface area contributed by atoms with E-state index in [-0.39, 0.29) is 6.09 Å².